The van der Waals surface area contributed by atoms with Gasteiger partial charge in [0.1, 0.15) is 11.8 Å². The van der Waals surface area contributed by atoms with Crippen molar-refractivity contribution in [2.75, 3.05) is 6.54 Å². The van der Waals surface area contributed by atoms with Gasteiger partial charge in [-0.15, -0.1) is 0 Å². The minimum atomic E-state index is -0.423. The number of aromatic nitrogens is 1. The number of likely N-dealkylation sites (tertiary alicyclic amines) is 1. The molecule has 0 spiro atoms. The van der Waals surface area contributed by atoms with Crippen LogP contribution in [0.5, 0.6) is 0 Å². The molecule has 0 radical (unpaired) electrons. The van der Waals surface area contributed by atoms with Gasteiger partial charge in [0.25, 0.3) is 0 Å². The van der Waals surface area contributed by atoms with E-state index in [1.54, 1.807) is 4.90 Å². The van der Waals surface area contributed by atoms with Gasteiger partial charge < -0.3 is 9.30 Å². The lowest BCUT2D eigenvalue weighted by molar-refractivity contribution is -0.0222. The highest BCUT2D eigenvalue weighted by Gasteiger charge is 2.35. The molecule has 1 fully saturated rings. The summed E-state index contributed by atoms with van der Waals surface area (Å²) in [6.45, 7) is 6.43. The van der Waals surface area contributed by atoms with E-state index < -0.39 is 5.60 Å². The van der Waals surface area contributed by atoms with Crippen molar-refractivity contribution >= 4 is 6.09 Å². The molecule has 1 amide bonds. The van der Waals surface area contributed by atoms with Crippen molar-refractivity contribution in [3.8, 4) is 0 Å². The summed E-state index contributed by atoms with van der Waals surface area (Å²) in [7, 11) is 0. The molecule has 0 bridgehead atoms. The number of amides is 1. The quantitative estimate of drug-likeness (QED) is 0.732. The maximum atomic E-state index is 11.8. The monoisotopic (exact) mass is 222 g/mol. The fourth-order valence-corrected chi connectivity index (χ4v) is 1.76. The lowest BCUT2D eigenvalue weighted by atomic mass is 10.1. The van der Waals surface area contributed by atoms with E-state index in [1.165, 1.54) is 0 Å². The Balaban J connectivity index is 1.99. The number of nitrogens with zero attached hydrogens (tertiary/aromatic N) is 2. The minimum absolute atomic E-state index is 0.129. The number of hydrogen-bond donors (Lipinski definition) is 0. The standard InChI is InChI=1S/C12H18N2O2/c1-12(2,3)16-11(15)14-9-6-10(14)13-7-4-5-8-13/h4-5,7-8,10H,6,9H2,1-3H3. The first-order valence-corrected chi connectivity index (χ1v) is 5.59. The molecule has 0 saturated carbocycles. The fourth-order valence-electron chi connectivity index (χ4n) is 1.76. The number of ether oxygens (including phenoxy) is 1. The largest absolute Gasteiger partial charge is 0.444 e. The zero-order valence-corrected chi connectivity index (χ0v) is 10.0. The van der Waals surface area contributed by atoms with Crippen molar-refractivity contribution in [2.24, 2.45) is 0 Å². The number of carbonyl (C=O) groups excluding carboxylic acids is 1. The normalized spacial score (nSPS) is 20.4. The van der Waals surface area contributed by atoms with Crippen LogP contribution in [0.1, 0.15) is 33.4 Å². The summed E-state index contributed by atoms with van der Waals surface area (Å²) in [6, 6.07) is 3.93. The van der Waals surface area contributed by atoms with Crippen molar-refractivity contribution in [3.63, 3.8) is 0 Å². The van der Waals surface area contributed by atoms with Crippen LogP contribution in [-0.2, 0) is 4.74 Å². The Morgan fingerprint density at radius 3 is 2.38 bits per heavy atom. The molecule has 1 aliphatic rings. The zero-order valence-electron chi connectivity index (χ0n) is 10.0. The van der Waals surface area contributed by atoms with Gasteiger partial charge in [0, 0.05) is 25.4 Å². The molecule has 1 unspecified atom stereocenters. The molecule has 1 aromatic heterocycles. The number of hydrogen-bond acceptors (Lipinski definition) is 2. The van der Waals surface area contributed by atoms with Crippen LogP contribution in [0.25, 0.3) is 0 Å². The third kappa shape index (κ3) is 2.21. The molecule has 16 heavy (non-hydrogen) atoms. The van der Waals surface area contributed by atoms with E-state index in [-0.39, 0.29) is 12.3 Å². The van der Waals surface area contributed by atoms with E-state index in [1.807, 2.05) is 49.9 Å². The van der Waals surface area contributed by atoms with Gasteiger partial charge in [-0.25, -0.2) is 4.79 Å². The molecule has 1 aromatic rings. The second kappa shape index (κ2) is 3.85. The predicted octanol–water partition coefficient (Wildman–Crippen LogP) is 2.63. The second-order valence-electron chi connectivity index (χ2n) is 5.07. The van der Waals surface area contributed by atoms with Gasteiger partial charge in [0.2, 0.25) is 0 Å². The van der Waals surface area contributed by atoms with E-state index in [0.717, 1.165) is 13.0 Å². The van der Waals surface area contributed by atoms with Crippen LogP contribution < -0.4 is 0 Å². The van der Waals surface area contributed by atoms with Crippen LogP contribution in [0.3, 0.4) is 0 Å². The van der Waals surface area contributed by atoms with Gasteiger partial charge in [0.05, 0.1) is 0 Å². The van der Waals surface area contributed by atoms with Gasteiger partial charge in [-0.3, -0.25) is 4.90 Å². The average Bonchev–Trinajstić information content (AvgIpc) is 2.50. The maximum absolute atomic E-state index is 11.8. The van der Waals surface area contributed by atoms with E-state index in [4.69, 9.17) is 4.74 Å². The first kappa shape index (κ1) is 11.0. The first-order chi connectivity index (χ1) is 7.47. The van der Waals surface area contributed by atoms with Crippen LogP contribution in [-0.4, -0.2) is 27.7 Å². The molecular weight excluding hydrogens is 204 g/mol. The van der Waals surface area contributed by atoms with Gasteiger partial charge in [-0.2, -0.15) is 0 Å². The lowest BCUT2D eigenvalue weighted by Crippen LogP contribution is -2.49. The van der Waals surface area contributed by atoms with Crippen molar-refractivity contribution in [3.05, 3.63) is 24.5 Å². The molecule has 88 valence electrons. The minimum Gasteiger partial charge on any atom is -0.444 e. The van der Waals surface area contributed by atoms with Crippen LogP contribution in [0.4, 0.5) is 4.79 Å². The molecule has 0 aliphatic carbocycles. The highest BCUT2D eigenvalue weighted by Crippen LogP contribution is 2.29. The molecule has 2 rings (SSSR count). The Morgan fingerprint density at radius 2 is 1.94 bits per heavy atom. The zero-order chi connectivity index (χ0) is 11.8. The van der Waals surface area contributed by atoms with Gasteiger partial charge in [0.15, 0.2) is 0 Å². The van der Waals surface area contributed by atoms with Gasteiger partial charge >= 0.3 is 6.09 Å². The Bertz CT molecular complexity index is 365. The molecule has 0 N–H and O–H groups in total. The molecule has 0 aromatic carbocycles. The first-order valence-electron chi connectivity index (χ1n) is 5.59. The van der Waals surface area contributed by atoms with Crippen LogP contribution in [0.15, 0.2) is 24.5 Å². The molecule has 4 heteroatoms. The summed E-state index contributed by atoms with van der Waals surface area (Å²) in [5, 5.41) is 0. The Morgan fingerprint density at radius 1 is 1.31 bits per heavy atom. The average molecular weight is 222 g/mol. The Hall–Kier alpha value is -1.45. The lowest BCUT2D eigenvalue weighted by Gasteiger charge is -2.41. The third-order valence-electron chi connectivity index (χ3n) is 2.59. The van der Waals surface area contributed by atoms with Crippen LogP contribution in [0, 0.1) is 0 Å². The number of carbonyl (C=O) groups is 1. The van der Waals surface area contributed by atoms with E-state index in [2.05, 4.69) is 0 Å². The molecule has 1 saturated heterocycles. The summed E-state index contributed by atoms with van der Waals surface area (Å²) < 4.78 is 7.38. The summed E-state index contributed by atoms with van der Waals surface area (Å²) >= 11 is 0. The maximum Gasteiger partial charge on any atom is 0.411 e. The Labute approximate surface area is 95.8 Å². The van der Waals surface area contributed by atoms with E-state index in [9.17, 15) is 4.79 Å². The van der Waals surface area contributed by atoms with Crippen LogP contribution >= 0.6 is 0 Å². The van der Waals surface area contributed by atoms with Gasteiger partial charge in [-0.1, -0.05) is 0 Å². The third-order valence-corrected chi connectivity index (χ3v) is 2.59. The fraction of sp³-hybridized carbons (Fsp3) is 0.583. The molecule has 4 nitrogen and oxygen atoms in total. The smallest absolute Gasteiger partial charge is 0.411 e. The van der Waals surface area contributed by atoms with Crippen molar-refractivity contribution in [2.45, 2.75) is 39.0 Å². The summed E-state index contributed by atoms with van der Waals surface area (Å²) in [5.74, 6) is 0. The molecule has 2 heterocycles. The van der Waals surface area contributed by atoms with Crippen molar-refractivity contribution in [1.29, 1.82) is 0 Å². The summed E-state index contributed by atoms with van der Waals surface area (Å²) in [6.07, 6.45) is 4.85. The SMILES string of the molecule is CC(C)(C)OC(=O)N1CCC1n1cccc1. The number of rotatable bonds is 1. The summed E-state index contributed by atoms with van der Waals surface area (Å²) in [4.78, 5) is 13.6. The highest BCUT2D eigenvalue weighted by molar-refractivity contribution is 5.69. The summed E-state index contributed by atoms with van der Waals surface area (Å²) in [5.41, 5.74) is -0.423. The van der Waals surface area contributed by atoms with Crippen molar-refractivity contribution < 1.29 is 9.53 Å². The second-order valence-corrected chi connectivity index (χ2v) is 5.07. The topological polar surface area (TPSA) is 34.5 Å². The molecular formula is C12H18N2O2. The van der Waals surface area contributed by atoms with E-state index in [0.29, 0.717) is 0 Å². The Kier molecular flexibility index (Phi) is 2.66. The van der Waals surface area contributed by atoms with Gasteiger partial charge in [-0.05, 0) is 32.9 Å². The molecule has 1 aliphatic heterocycles. The van der Waals surface area contributed by atoms with Crippen molar-refractivity contribution in [1.82, 2.24) is 9.47 Å². The predicted molar refractivity (Wildman–Crippen MR) is 61.0 cm³/mol. The highest BCUT2D eigenvalue weighted by atomic mass is 16.6. The van der Waals surface area contributed by atoms with E-state index >= 15 is 0 Å². The molecule has 1 atom stereocenters. The van der Waals surface area contributed by atoms with Crippen LogP contribution in [0.2, 0.25) is 0 Å².